The predicted molar refractivity (Wildman–Crippen MR) is 97.6 cm³/mol. The first kappa shape index (κ1) is 15.6. The van der Waals surface area contributed by atoms with Crippen molar-refractivity contribution in [1.29, 1.82) is 0 Å². The number of rotatable bonds is 3. The predicted octanol–water partition coefficient (Wildman–Crippen LogP) is 4.23. The smallest absolute Gasteiger partial charge is 0.227 e. The summed E-state index contributed by atoms with van der Waals surface area (Å²) < 4.78 is 13.9. The molecule has 4 rings (SSSR count). The highest BCUT2D eigenvalue weighted by atomic mass is 19.1. The first-order valence-corrected chi connectivity index (χ1v) is 8.38. The number of nitrogens with zero attached hydrogens (tertiary/aromatic N) is 3. The number of anilines is 3. The summed E-state index contributed by atoms with van der Waals surface area (Å²) in [6, 6.07) is 16.9. The number of hydrogen-bond acceptors (Lipinski definition) is 4. The van der Waals surface area contributed by atoms with Gasteiger partial charge >= 0.3 is 0 Å². The fourth-order valence-corrected chi connectivity index (χ4v) is 3.13. The van der Waals surface area contributed by atoms with Crippen molar-refractivity contribution in [3.63, 3.8) is 0 Å². The van der Waals surface area contributed by atoms with Crippen LogP contribution in [-0.4, -0.2) is 16.5 Å². The highest BCUT2D eigenvalue weighted by Crippen LogP contribution is 2.25. The van der Waals surface area contributed by atoms with Crippen LogP contribution in [0.25, 0.3) is 0 Å². The molecule has 0 atom stereocenters. The molecule has 1 aliphatic heterocycles. The summed E-state index contributed by atoms with van der Waals surface area (Å²) in [5.74, 6) is 0.979. The second-order valence-electron chi connectivity index (χ2n) is 6.24. The Morgan fingerprint density at radius 2 is 1.76 bits per heavy atom. The van der Waals surface area contributed by atoms with E-state index < -0.39 is 0 Å². The van der Waals surface area contributed by atoms with E-state index in [2.05, 4.69) is 44.5 Å². The Morgan fingerprint density at radius 1 is 1.00 bits per heavy atom. The third-order valence-electron chi connectivity index (χ3n) is 4.39. The van der Waals surface area contributed by atoms with Gasteiger partial charge < -0.3 is 10.2 Å². The molecule has 2 heterocycles. The third kappa shape index (κ3) is 3.31. The van der Waals surface area contributed by atoms with E-state index in [0.717, 1.165) is 25.2 Å². The molecule has 0 saturated heterocycles. The van der Waals surface area contributed by atoms with Crippen LogP contribution in [0, 0.1) is 12.7 Å². The molecule has 0 amide bonds. The van der Waals surface area contributed by atoms with Gasteiger partial charge in [-0.05, 0) is 36.6 Å². The molecule has 126 valence electrons. The lowest BCUT2D eigenvalue weighted by Crippen LogP contribution is -2.32. The van der Waals surface area contributed by atoms with Gasteiger partial charge in [0, 0.05) is 24.8 Å². The van der Waals surface area contributed by atoms with Crippen LogP contribution in [0.5, 0.6) is 0 Å². The second kappa shape index (κ2) is 6.51. The van der Waals surface area contributed by atoms with Crippen LogP contribution in [0.3, 0.4) is 0 Å². The molecular formula is C20H19FN4. The molecule has 0 fully saturated rings. The van der Waals surface area contributed by atoms with Crippen LogP contribution >= 0.6 is 0 Å². The molecule has 5 heteroatoms. The van der Waals surface area contributed by atoms with E-state index >= 15 is 0 Å². The van der Waals surface area contributed by atoms with Gasteiger partial charge in [0.15, 0.2) is 0 Å². The fourth-order valence-electron chi connectivity index (χ4n) is 3.13. The molecule has 25 heavy (non-hydrogen) atoms. The summed E-state index contributed by atoms with van der Waals surface area (Å²) in [5.41, 5.74) is 3.96. The number of nitrogens with one attached hydrogen (secondary N) is 1. The van der Waals surface area contributed by atoms with Crippen LogP contribution in [0.1, 0.15) is 16.8 Å². The van der Waals surface area contributed by atoms with Crippen molar-refractivity contribution in [1.82, 2.24) is 9.97 Å². The van der Waals surface area contributed by atoms with E-state index in [1.54, 1.807) is 18.2 Å². The Kier molecular flexibility index (Phi) is 4.06. The highest BCUT2D eigenvalue weighted by Gasteiger charge is 2.19. The van der Waals surface area contributed by atoms with E-state index in [0.29, 0.717) is 17.5 Å². The van der Waals surface area contributed by atoms with Crippen LogP contribution < -0.4 is 10.2 Å². The van der Waals surface area contributed by atoms with Gasteiger partial charge in [-0.2, -0.15) is 4.98 Å². The molecule has 0 bridgehead atoms. The first-order valence-electron chi connectivity index (χ1n) is 8.38. The van der Waals surface area contributed by atoms with Crippen molar-refractivity contribution in [2.24, 2.45) is 0 Å². The minimum Gasteiger partial charge on any atom is -0.338 e. The van der Waals surface area contributed by atoms with Gasteiger partial charge in [0.2, 0.25) is 5.95 Å². The largest absolute Gasteiger partial charge is 0.338 e. The van der Waals surface area contributed by atoms with E-state index in [1.165, 1.54) is 17.2 Å². The van der Waals surface area contributed by atoms with Crippen molar-refractivity contribution in [2.75, 3.05) is 16.8 Å². The zero-order chi connectivity index (χ0) is 17.2. The number of aryl methyl sites for hydroxylation is 1. The van der Waals surface area contributed by atoms with Gasteiger partial charge in [0.25, 0.3) is 0 Å². The fraction of sp³-hybridized carbons (Fsp3) is 0.200. The van der Waals surface area contributed by atoms with Crippen molar-refractivity contribution < 1.29 is 4.39 Å². The summed E-state index contributed by atoms with van der Waals surface area (Å²) in [6.07, 6.45) is 0.976. The van der Waals surface area contributed by atoms with Gasteiger partial charge in [-0.3, -0.25) is 0 Å². The normalized spacial score (nSPS) is 13.4. The maximum Gasteiger partial charge on any atom is 0.227 e. The molecule has 1 aliphatic rings. The lowest BCUT2D eigenvalue weighted by Gasteiger charge is -2.29. The molecule has 0 unspecified atom stereocenters. The molecule has 2 aromatic carbocycles. The maximum atomic E-state index is 13.9. The van der Waals surface area contributed by atoms with E-state index in [4.69, 9.17) is 0 Å². The number of halogens is 1. The van der Waals surface area contributed by atoms with Crippen molar-refractivity contribution in [3.05, 3.63) is 77.2 Å². The van der Waals surface area contributed by atoms with Crippen molar-refractivity contribution >= 4 is 17.5 Å². The number of aromatic nitrogens is 2. The average molecular weight is 334 g/mol. The van der Waals surface area contributed by atoms with Crippen LogP contribution in [0.4, 0.5) is 21.8 Å². The minimum atomic E-state index is -0.299. The van der Waals surface area contributed by atoms with Crippen LogP contribution in [-0.2, 0) is 13.0 Å². The Labute approximate surface area is 146 Å². The monoisotopic (exact) mass is 334 g/mol. The topological polar surface area (TPSA) is 41.1 Å². The molecule has 0 saturated carbocycles. The number of benzene rings is 2. The van der Waals surface area contributed by atoms with Gasteiger partial charge in [-0.15, -0.1) is 0 Å². The number of hydrogen-bond donors (Lipinski definition) is 1. The number of fused-ring (bicyclic) bond motifs is 1. The molecular weight excluding hydrogens is 315 g/mol. The van der Waals surface area contributed by atoms with Crippen molar-refractivity contribution in [2.45, 2.75) is 19.9 Å². The summed E-state index contributed by atoms with van der Waals surface area (Å²) in [5, 5.41) is 3.06. The highest BCUT2D eigenvalue weighted by molar-refractivity contribution is 5.58. The summed E-state index contributed by atoms with van der Waals surface area (Å²) >= 11 is 0. The molecule has 0 spiro atoms. The zero-order valence-electron chi connectivity index (χ0n) is 14.0. The zero-order valence-corrected chi connectivity index (χ0v) is 14.0. The van der Waals surface area contributed by atoms with E-state index in [9.17, 15) is 4.39 Å². The molecule has 3 aromatic rings. The summed E-state index contributed by atoms with van der Waals surface area (Å²) in [6.45, 7) is 3.59. The molecule has 0 radical (unpaired) electrons. The third-order valence-corrected chi connectivity index (χ3v) is 4.39. The van der Waals surface area contributed by atoms with Crippen LogP contribution in [0.2, 0.25) is 0 Å². The van der Waals surface area contributed by atoms with Gasteiger partial charge in [-0.25, -0.2) is 9.37 Å². The summed E-state index contributed by atoms with van der Waals surface area (Å²) in [4.78, 5) is 11.3. The molecule has 0 aliphatic carbocycles. The average Bonchev–Trinajstić information content (AvgIpc) is 2.63. The Bertz CT molecular complexity index is 910. The first-order chi connectivity index (χ1) is 12.2. The quantitative estimate of drug-likeness (QED) is 0.778. The molecule has 1 N–H and O–H groups in total. The lowest BCUT2D eigenvalue weighted by molar-refractivity contribution is 0.631. The summed E-state index contributed by atoms with van der Waals surface area (Å²) in [7, 11) is 0. The standard InChI is InChI=1S/C20H19FN4/c1-14-12-19(23-18-9-5-4-8-17(18)21)24-20(22-14)25-11-10-15-6-2-3-7-16(15)13-25/h2-9,12H,10-11,13H2,1H3,(H,22,23,24). The SMILES string of the molecule is Cc1cc(Nc2ccccc2F)nc(N2CCc3ccccc3C2)n1. The Morgan fingerprint density at radius 3 is 2.60 bits per heavy atom. The maximum absolute atomic E-state index is 13.9. The van der Waals surface area contributed by atoms with Gasteiger partial charge in [0.1, 0.15) is 11.6 Å². The lowest BCUT2D eigenvalue weighted by atomic mass is 10.0. The van der Waals surface area contributed by atoms with Gasteiger partial charge in [-0.1, -0.05) is 36.4 Å². The molecule has 4 nitrogen and oxygen atoms in total. The number of para-hydroxylation sites is 1. The van der Waals surface area contributed by atoms with Crippen molar-refractivity contribution in [3.8, 4) is 0 Å². The Hall–Kier alpha value is -2.95. The second-order valence-corrected chi connectivity index (χ2v) is 6.24. The van der Waals surface area contributed by atoms with Gasteiger partial charge in [0.05, 0.1) is 5.69 Å². The Balaban J connectivity index is 1.61. The molecule has 1 aromatic heterocycles. The van der Waals surface area contributed by atoms with Crippen LogP contribution in [0.15, 0.2) is 54.6 Å². The minimum absolute atomic E-state index is 0.299. The van der Waals surface area contributed by atoms with E-state index in [-0.39, 0.29) is 5.82 Å². The van der Waals surface area contributed by atoms with E-state index in [1.807, 2.05) is 13.0 Å².